The van der Waals surface area contributed by atoms with Crippen LogP contribution in [0.1, 0.15) is 0 Å². The highest BCUT2D eigenvalue weighted by Crippen LogP contribution is 2.28. The molecule has 0 fully saturated rings. The number of nitrogens with zero attached hydrogens (tertiary/aromatic N) is 1. The maximum atomic E-state index is 13.3. The zero-order valence-electron chi connectivity index (χ0n) is 11.8. The summed E-state index contributed by atoms with van der Waals surface area (Å²) in [4.78, 5) is 4.09. The maximum absolute atomic E-state index is 13.3. The number of hydrogen-bond acceptors (Lipinski definition) is 4. The predicted molar refractivity (Wildman–Crippen MR) is 89.7 cm³/mol. The zero-order chi connectivity index (χ0) is 17.3. The number of hydrogen-bond donors (Lipinski definition) is 1. The number of sulfonamides is 1. The van der Waals surface area contributed by atoms with Gasteiger partial charge in [-0.3, -0.25) is 4.72 Å². The van der Waals surface area contributed by atoms with Crippen molar-refractivity contribution >= 4 is 38.1 Å². The van der Waals surface area contributed by atoms with Crippen LogP contribution in [0.5, 0.6) is 0 Å². The first-order valence-electron chi connectivity index (χ1n) is 6.54. The highest BCUT2D eigenvalue weighted by molar-refractivity contribution is 7.93. The van der Waals surface area contributed by atoms with Gasteiger partial charge in [-0.2, -0.15) is 0 Å². The lowest BCUT2D eigenvalue weighted by Gasteiger charge is -2.05. The summed E-state index contributed by atoms with van der Waals surface area (Å²) in [5.74, 6) is -1.96. The Morgan fingerprint density at radius 1 is 1.08 bits per heavy atom. The van der Waals surface area contributed by atoms with E-state index in [1.165, 1.54) is 24.3 Å². The van der Waals surface area contributed by atoms with Crippen molar-refractivity contribution in [3.8, 4) is 11.3 Å². The minimum atomic E-state index is -3.84. The third-order valence-corrected chi connectivity index (χ3v) is 5.51. The molecule has 0 unspecified atom stereocenters. The lowest BCUT2D eigenvalue weighted by atomic mass is 10.2. The first-order valence-corrected chi connectivity index (χ1v) is 9.28. The van der Waals surface area contributed by atoms with Crippen molar-refractivity contribution < 1.29 is 17.2 Å². The second kappa shape index (κ2) is 6.46. The Morgan fingerprint density at radius 3 is 2.58 bits per heavy atom. The van der Waals surface area contributed by atoms with Gasteiger partial charge in [0.15, 0.2) is 16.8 Å². The summed E-state index contributed by atoms with van der Waals surface area (Å²) in [5, 5.41) is 1.94. The Kier molecular flexibility index (Phi) is 4.53. The van der Waals surface area contributed by atoms with Gasteiger partial charge in [-0.05, 0) is 36.4 Å². The highest BCUT2D eigenvalue weighted by Gasteiger charge is 2.17. The van der Waals surface area contributed by atoms with E-state index in [2.05, 4.69) is 9.71 Å². The quantitative estimate of drug-likeness (QED) is 0.716. The Labute approximate surface area is 145 Å². The molecule has 0 aliphatic carbocycles. The monoisotopic (exact) mass is 386 g/mol. The van der Waals surface area contributed by atoms with E-state index in [9.17, 15) is 17.2 Å². The fourth-order valence-corrected chi connectivity index (χ4v) is 4.19. The molecule has 1 N–H and O–H groups in total. The van der Waals surface area contributed by atoms with E-state index >= 15 is 0 Å². The number of nitrogens with one attached hydrogen (secondary N) is 1. The molecule has 0 aliphatic heterocycles. The third-order valence-electron chi connectivity index (χ3n) is 3.05. The van der Waals surface area contributed by atoms with Crippen LogP contribution >= 0.6 is 22.9 Å². The molecule has 2 aromatic carbocycles. The lowest BCUT2D eigenvalue weighted by molar-refractivity contribution is 0.509. The number of anilines is 1. The first kappa shape index (κ1) is 16.8. The fourth-order valence-electron chi connectivity index (χ4n) is 1.92. The minimum Gasteiger partial charge on any atom is -0.255 e. The summed E-state index contributed by atoms with van der Waals surface area (Å²) in [6.07, 6.45) is 0. The number of aromatic nitrogens is 1. The topological polar surface area (TPSA) is 59.1 Å². The van der Waals surface area contributed by atoms with Crippen LogP contribution in [0.25, 0.3) is 11.3 Å². The van der Waals surface area contributed by atoms with Gasteiger partial charge in [0.2, 0.25) is 0 Å². The molecule has 0 bridgehead atoms. The van der Waals surface area contributed by atoms with Crippen molar-refractivity contribution in [3.05, 3.63) is 64.5 Å². The highest BCUT2D eigenvalue weighted by atomic mass is 35.5. The van der Waals surface area contributed by atoms with Crippen molar-refractivity contribution in [2.45, 2.75) is 4.90 Å². The van der Waals surface area contributed by atoms with Crippen LogP contribution in [0.4, 0.5) is 13.9 Å². The first-order chi connectivity index (χ1) is 11.3. The number of benzene rings is 2. The van der Waals surface area contributed by atoms with Crippen molar-refractivity contribution in [2.24, 2.45) is 0 Å². The average molecular weight is 387 g/mol. The molecule has 0 aliphatic rings. The van der Waals surface area contributed by atoms with Gasteiger partial charge in [0, 0.05) is 16.0 Å². The normalized spacial score (nSPS) is 11.5. The van der Waals surface area contributed by atoms with E-state index in [1.807, 2.05) is 0 Å². The minimum absolute atomic E-state index is 0.000392. The third kappa shape index (κ3) is 3.55. The zero-order valence-corrected chi connectivity index (χ0v) is 14.2. The van der Waals surface area contributed by atoms with E-state index < -0.39 is 21.7 Å². The van der Waals surface area contributed by atoms with Gasteiger partial charge in [0.1, 0.15) is 0 Å². The van der Waals surface area contributed by atoms with Gasteiger partial charge in [-0.25, -0.2) is 22.2 Å². The lowest BCUT2D eigenvalue weighted by Crippen LogP contribution is -2.12. The summed E-state index contributed by atoms with van der Waals surface area (Å²) in [7, 11) is -3.84. The molecule has 3 aromatic rings. The molecule has 0 saturated carbocycles. The molecule has 0 radical (unpaired) electrons. The number of halogens is 3. The molecule has 24 heavy (non-hydrogen) atoms. The van der Waals surface area contributed by atoms with Crippen LogP contribution in [0, 0.1) is 11.6 Å². The largest absolute Gasteiger partial charge is 0.263 e. The molecule has 0 atom stereocenters. The van der Waals surface area contributed by atoms with E-state index in [-0.39, 0.29) is 10.0 Å². The Bertz CT molecular complexity index is 1010. The molecule has 0 spiro atoms. The van der Waals surface area contributed by atoms with Gasteiger partial charge in [-0.15, -0.1) is 11.3 Å². The van der Waals surface area contributed by atoms with Crippen molar-refractivity contribution in [2.75, 3.05) is 4.72 Å². The summed E-state index contributed by atoms with van der Waals surface area (Å²) >= 11 is 6.82. The van der Waals surface area contributed by atoms with Crippen LogP contribution in [0.15, 0.2) is 52.7 Å². The Balaban J connectivity index is 1.87. The second-order valence-corrected chi connectivity index (χ2v) is 7.71. The predicted octanol–water partition coefficient (Wildman–Crippen LogP) is 4.54. The maximum Gasteiger partial charge on any atom is 0.263 e. The molecule has 4 nitrogen and oxygen atoms in total. The molecule has 1 aromatic heterocycles. The summed E-state index contributed by atoms with van der Waals surface area (Å²) in [5.41, 5.74) is 0.682. The summed E-state index contributed by atoms with van der Waals surface area (Å²) < 4.78 is 53.1. The molecule has 9 heteroatoms. The van der Waals surface area contributed by atoms with Crippen molar-refractivity contribution in [1.29, 1.82) is 0 Å². The number of thiazole rings is 1. The second-order valence-electron chi connectivity index (χ2n) is 4.73. The number of rotatable bonds is 4. The van der Waals surface area contributed by atoms with E-state index in [4.69, 9.17) is 11.6 Å². The van der Waals surface area contributed by atoms with E-state index in [1.54, 1.807) is 11.4 Å². The van der Waals surface area contributed by atoms with E-state index in [0.717, 1.165) is 23.5 Å². The van der Waals surface area contributed by atoms with Gasteiger partial charge in [0.25, 0.3) is 10.0 Å². The summed E-state index contributed by atoms with van der Waals surface area (Å²) in [6.45, 7) is 0. The Morgan fingerprint density at radius 2 is 1.88 bits per heavy atom. The SMILES string of the molecule is O=S(=O)(Nc1nc(-c2ccc(F)c(F)c2)cs1)c1cccc(Cl)c1. The molecule has 124 valence electrons. The van der Waals surface area contributed by atoms with Crippen LogP contribution in [0.3, 0.4) is 0 Å². The van der Waals surface area contributed by atoms with E-state index in [0.29, 0.717) is 16.3 Å². The molecular formula is C15H9ClF2N2O2S2. The summed E-state index contributed by atoms with van der Waals surface area (Å²) in [6, 6.07) is 9.14. The van der Waals surface area contributed by atoms with Crippen LogP contribution in [0.2, 0.25) is 5.02 Å². The molecule has 3 rings (SSSR count). The molecule has 0 saturated heterocycles. The van der Waals surface area contributed by atoms with Crippen LogP contribution < -0.4 is 4.72 Å². The van der Waals surface area contributed by atoms with Gasteiger partial charge < -0.3 is 0 Å². The van der Waals surface area contributed by atoms with Gasteiger partial charge in [0.05, 0.1) is 10.6 Å². The van der Waals surface area contributed by atoms with Crippen molar-refractivity contribution in [1.82, 2.24) is 4.98 Å². The smallest absolute Gasteiger partial charge is 0.255 e. The molecule has 1 heterocycles. The van der Waals surface area contributed by atoms with Crippen LogP contribution in [-0.4, -0.2) is 13.4 Å². The van der Waals surface area contributed by atoms with Gasteiger partial charge in [-0.1, -0.05) is 17.7 Å². The Hall–Kier alpha value is -2.03. The fraction of sp³-hybridized carbons (Fsp3) is 0. The van der Waals surface area contributed by atoms with Crippen LogP contribution in [-0.2, 0) is 10.0 Å². The molecular weight excluding hydrogens is 378 g/mol. The standard InChI is InChI=1S/C15H9ClF2N2O2S2/c16-10-2-1-3-11(7-10)24(21,22)20-15-19-14(8-23-15)9-4-5-12(17)13(18)6-9/h1-8H,(H,19,20). The van der Waals surface area contributed by atoms with Gasteiger partial charge >= 0.3 is 0 Å². The average Bonchev–Trinajstić information content (AvgIpc) is 2.98. The van der Waals surface area contributed by atoms with Crippen molar-refractivity contribution in [3.63, 3.8) is 0 Å². The molecule has 0 amide bonds.